The highest BCUT2D eigenvalue weighted by Gasteiger charge is 2.27. The van der Waals surface area contributed by atoms with E-state index in [-0.39, 0.29) is 0 Å². The van der Waals surface area contributed by atoms with Crippen molar-refractivity contribution in [2.75, 3.05) is 51.2 Å². The Balaban J connectivity index is 1.86. The Kier molecular flexibility index (Phi) is 6.07. The second-order valence-electron chi connectivity index (χ2n) is 6.69. The molecular weight excluding hydrogens is 258 g/mol. The molecular formula is C18H31N3. The minimum atomic E-state index is 0.401. The number of benzene rings is 1. The van der Waals surface area contributed by atoms with E-state index in [9.17, 15) is 0 Å². The fraction of sp³-hybridized carbons (Fsp3) is 0.667. The average Bonchev–Trinajstić information content (AvgIpc) is 2.49. The standard InChI is InChI=1S/C18H31N3/c1-4-10-18(2,15-19-3)16-20-11-13-21(14-12-20)17-8-6-5-7-9-17/h5-9,19H,4,10-16H2,1-3H3. The molecule has 1 aliphatic rings. The van der Waals surface area contributed by atoms with Gasteiger partial charge < -0.3 is 10.2 Å². The number of piperazine rings is 1. The van der Waals surface area contributed by atoms with Gasteiger partial charge in [0.15, 0.2) is 0 Å². The summed E-state index contributed by atoms with van der Waals surface area (Å²) in [5.41, 5.74) is 1.77. The van der Waals surface area contributed by atoms with Crippen LogP contribution < -0.4 is 10.2 Å². The summed E-state index contributed by atoms with van der Waals surface area (Å²) in [4.78, 5) is 5.15. The summed E-state index contributed by atoms with van der Waals surface area (Å²) in [6.07, 6.45) is 2.56. The van der Waals surface area contributed by atoms with Crippen LogP contribution in [0.3, 0.4) is 0 Å². The molecule has 0 aliphatic carbocycles. The van der Waals surface area contributed by atoms with E-state index < -0.39 is 0 Å². The second-order valence-corrected chi connectivity index (χ2v) is 6.69. The van der Waals surface area contributed by atoms with Crippen molar-refractivity contribution in [1.82, 2.24) is 10.2 Å². The summed E-state index contributed by atoms with van der Waals surface area (Å²) in [7, 11) is 2.07. The van der Waals surface area contributed by atoms with E-state index in [2.05, 4.69) is 66.3 Å². The zero-order chi connectivity index (χ0) is 15.1. The first kappa shape index (κ1) is 16.3. The number of hydrogen-bond donors (Lipinski definition) is 1. The smallest absolute Gasteiger partial charge is 0.0367 e. The molecule has 0 bridgehead atoms. The van der Waals surface area contributed by atoms with Crippen molar-refractivity contribution < 1.29 is 0 Å². The molecule has 1 saturated heterocycles. The van der Waals surface area contributed by atoms with Gasteiger partial charge in [-0.25, -0.2) is 0 Å². The molecule has 1 atom stereocenters. The van der Waals surface area contributed by atoms with Crippen molar-refractivity contribution in [1.29, 1.82) is 0 Å². The number of para-hydroxylation sites is 1. The van der Waals surface area contributed by atoms with Gasteiger partial charge in [0.25, 0.3) is 0 Å². The van der Waals surface area contributed by atoms with Crippen LogP contribution in [0.25, 0.3) is 0 Å². The van der Waals surface area contributed by atoms with Crippen LogP contribution in [0, 0.1) is 5.41 Å². The number of hydrogen-bond acceptors (Lipinski definition) is 3. The minimum absolute atomic E-state index is 0.401. The molecule has 1 heterocycles. The van der Waals surface area contributed by atoms with Crippen molar-refractivity contribution in [2.24, 2.45) is 5.41 Å². The SMILES string of the molecule is CCCC(C)(CNC)CN1CCN(c2ccccc2)CC1. The summed E-state index contributed by atoms with van der Waals surface area (Å²) < 4.78 is 0. The van der Waals surface area contributed by atoms with Gasteiger partial charge in [-0.3, -0.25) is 4.90 Å². The van der Waals surface area contributed by atoms with Crippen molar-refractivity contribution in [2.45, 2.75) is 26.7 Å². The van der Waals surface area contributed by atoms with Crippen LogP contribution >= 0.6 is 0 Å². The highest BCUT2D eigenvalue weighted by atomic mass is 15.3. The quantitative estimate of drug-likeness (QED) is 0.833. The Bertz CT molecular complexity index is 390. The summed E-state index contributed by atoms with van der Waals surface area (Å²) >= 11 is 0. The van der Waals surface area contributed by atoms with E-state index in [4.69, 9.17) is 0 Å². The van der Waals surface area contributed by atoms with E-state index >= 15 is 0 Å². The maximum absolute atomic E-state index is 3.38. The van der Waals surface area contributed by atoms with Crippen LogP contribution in [0.2, 0.25) is 0 Å². The summed E-state index contributed by atoms with van der Waals surface area (Å²) in [5.74, 6) is 0. The largest absolute Gasteiger partial charge is 0.369 e. The monoisotopic (exact) mass is 289 g/mol. The van der Waals surface area contributed by atoms with Gasteiger partial charge in [-0.05, 0) is 31.0 Å². The lowest BCUT2D eigenvalue weighted by Gasteiger charge is -2.41. The fourth-order valence-corrected chi connectivity index (χ4v) is 3.60. The van der Waals surface area contributed by atoms with Crippen molar-refractivity contribution >= 4 is 5.69 Å². The predicted octanol–water partition coefficient (Wildman–Crippen LogP) is 2.83. The third-order valence-electron chi connectivity index (χ3n) is 4.56. The van der Waals surface area contributed by atoms with Crippen LogP contribution in [-0.2, 0) is 0 Å². The van der Waals surface area contributed by atoms with Gasteiger partial charge in [0.1, 0.15) is 0 Å². The van der Waals surface area contributed by atoms with Crippen molar-refractivity contribution in [3.63, 3.8) is 0 Å². The van der Waals surface area contributed by atoms with Crippen LogP contribution in [0.5, 0.6) is 0 Å². The van der Waals surface area contributed by atoms with Crippen molar-refractivity contribution in [3.05, 3.63) is 30.3 Å². The minimum Gasteiger partial charge on any atom is -0.369 e. The molecule has 1 aliphatic heterocycles. The Morgan fingerprint density at radius 1 is 1.10 bits per heavy atom. The van der Waals surface area contributed by atoms with Crippen LogP contribution in [0.15, 0.2) is 30.3 Å². The summed E-state index contributed by atoms with van der Waals surface area (Å²) in [6, 6.07) is 10.8. The van der Waals surface area contributed by atoms with Gasteiger partial charge in [-0.2, -0.15) is 0 Å². The molecule has 0 amide bonds. The lowest BCUT2D eigenvalue weighted by molar-refractivity contribution is 0.145. The van der Waals surface area contributed by atoms with Gasteiger partial charge in [0.05, 0.1) is 0 Å². The third-order valence-corrected chi connectivity index (χ3v) is 4.56. The summed E-state index contributed by atoms with van der Waals surface area (Å²) in [5, 5.41) is 3.38. The molecule has 118 valence electrons. The lowest BCUT2D eigenvalue weighted by atomic mass is 9.84. The molecule has 1 unspecified atom stereocenters. The topological polar surface area (TPSA) is 18.5 Å². The van der Waals surface area contributed by atoms with E-state index in [0.29, 0.717) is 5.41 Å². The molecule has 3 nitrogen and oxygen atoms in total. The van der Waals surface area contributed by atoms with Gasteiger partial charge >= 0.3 is 0 Å². The molecule has 0 aromatic heterocycles. The Labute approximate surface area is 130 Å². The first-order valence-corrected chi connectivity index (χ1v) is 8.34. The first-order chi connectivity index (χ1) is 10.2. The number of rotatable bonds is 7. The maximum atomic E-state index is 3.38. The molecule has 21 heavy (non-hydrogen) atoms. The molecule has 1 aromatic carbocycles. The van der Waals surface area contributed by atoms with Crippen molar-refractivity contribution in [3.8, 4) is 0 Å². The molecule has 3 heteroatoms. The molecule has 2 rings (SSSR count). The van der Waals surface area contributed by atoms with E-state index in [1.165, 1.54) is 38.2 Å². The van der Waals surface area contributed by atoms with Gasteiger partial charge in [-0.15, -0.1) is 0 Å². The molecule has 0 radical (unpaired) electrons. The zero-order valence-electron chi connectivity index (χ0n) is 13.9. The fourth-order valence-electron chi connectivity index (χ4n) is 3.60. The Morgan fingerprint density at radius 3 is 2.33 bits per heavy atom. The van der Waals surface area contributed by atoms with Crippen LogP contribution in [-0.4, -0.2) is 51.2 Å². The highest BCUT2D eigenvalue weighted by molar-refractivity contribution is 5.46. The third kappa shape index (κ3) is 4.72. The zero-order valence-corrected chi connectivity index (χ0v) is 13.9. The first-order valence-electron chi connectivity index (χ1n) is 8.34. The van der Waals surface area contributed by atoms with E-state index in [1.54, 1.807) is 0 Å². The van der Waals surface area contributed by atoms with E-state index in [0.717, 1.165) is 19.6 Å². The Morgan fingerprint density at radius 2 is 1.76 bits per heavy atom. The van der Waals surface area contributed by atoms with Crippen LogP contribution in [0.4, 0.5) is 5.69 Å². The number of anilines is 1. The lowest BCUT2D eigenvalue weighted by Crippen LogP contribution is -2.51. The van der Waals surface area contributed by atoms with Crippen LogP contribution in [0.1, 0.15) is 26.7 Å². The number of nitrogens with zero attached hydrogens (tertiary/aromatic N) is 2. The maximum Gasteiger partial charge on any atom is 0.0367 e. The van der Waals surface area contributed by atoms with E-state index in [1.807, 2.05) is 0 Å². The predicted molar refractivity (Wildman–Crippen MR) is 92.0 cm³/mol. The van der Waals surface area contributed by atoms with Gasteiger partial charge in [0.2, 0.25) is 0 Å². The normalized spacial score (nSPS) is 19.5. The highest BCUT2D eigenvalue weighted by Crippen LogP contribution is 2.25. The molecule has 1 N–H and O–H groups in total. The molecule has 0 saturated carbocycles. The summed E-state index contributed by atoms with van der Waals surface area (Å²) in [6.45, 7) is 11.7. The molecule has 1 fully saturated rings. The molecule has 1 aromatic rings. The molecule has 0 spiro atoms. The average molecular weight is 289 g/mol. The van der Waals surface area contributed by atoms with Gasteiger partial charge in [-0.1, -0.05) is 38.5 Å². The number of nitrogens with one attached hydrogen (secondary N) is 1. The second kappa shape index (κ2) is 7.81. The Hall–Kier alpha value is -1.06. The van der Waals surface area contributed by atoms with Gasteiger partial charge in [0, 0.05) is 45.0 Å².